The van der Waals surface area contributed by atoms with E-state index in [1.54, 1.807) is 0 Å². The Hall–Kier alpha value is -3.10. The second-order valence-corrected chi connectivity index (χ2v) is 5.39. The van der Waals surface area contributed by atoms with Crippen molar-refractivity contribution in [2.75, 3.05) is 0 Å². The molecule has 1 aromatic carbocycles. The standard InChI is InChI=1S/C15H14N4O5/c1-2-3-4-13-16-12(17-24-13)8-18-14(20)10-6-5-9(19(22)23)7-11(10)15(18)21/h5-7H,2-4,8H2,1H3. The molecule has 0 bridgehead atoms. The summed E-state index contributed by atoms with van der Waals surface area (Å²) in [6, 6.07) is 3.60. The summed E-state index contributed by atoms with van der Waals surface area (Å²) in [7, 11) is 0. The average molecular weight is 330 g/mol. The van der Waals surface area contributed by atoms with Crippen LogP contribution in [-0.2, 0) is 13.0 Å². The average Bonchev–Trinajstić information content (AvgIpc) is 3.11. The molecule has 0 N–H and O–H groups in total. The zero-order valence-corrected chi connectivity index (χ0v) is 12.9. The van der Waals surface area contributed by atoms with Gasteiger partial charge < -0.3 is 4.52 Å². The van der Waals surface area contributed by atoms with Gasteiger partial charge in [-0.05, 0) is 12.5 Å². The summed E-state index contributed by atoms with van der Waals surface area (Å²) in [4.78, 5) is 40.0. The van der Waals surface area contributed by atoms with Gasteiger partial charge in [-0.25, -0.2) is 0 Å². The third-order valence-electron chi connectivity index (χ3n) is 3.72. The number of imide groups is 1. The molecule has 0 unspecified atom stereocenters. The molecular weight excluding hydrogens is 316 g/mol. The molecule has 0 aliphatic carbocycles. The van der Waals surface area contributed by atoms with Gasteiger partial charge in [0.15, 0.2) is 5.82 Å². The summed E-state index contributed by atoms with van der Waals surface area (Å²) in [5.74, 6) is -0.437. The van der Waals surface area contributed by atoms with Crippen molar-refractivity contribution in [3.05, 3.63) is 51.2 Å². The number of hydrogen-bond acceptors (Lipinski definition) is 7. The van der Waals surface area contributed by atoms with Crippen LogP contribution < -0.4 is 0 Å². The van der Waals surface area contributed by atoms with Crippen LogP contribution >= 0.6 is 0 Å². The summed E-state index contributed by atoms with van der Waals surface area (Å²) < 4.78 is 5.08. The van der Waals surface area contributed by atoms with Gasteiger partial charge in [-0.1, -0.05) is 18.5 Å². The Bertz CT molecular complexity index is 829. The van der Waals surface area contributed by atoms with E-state index in [4.69, 9.17) is 4.52 Å². The number of fused-ring (bicyclic) bond motifs is 1. The molecule has 0 saturated heterocycles. The van der Waals surface area contributed by atoms with Gasteiger partial charge in [0.05, 0.1) is 22.6 Å². The zero-order valence-electron chi connectivity index (χ0n) is 12.9. The van der Waals surface area contributed by atoms with E-state index in [1.165, 1.54) is 12.1 Å². The fourth-order valence-corrected chi connectivity index (χ4v) is 2.46. The molecule has 1 aliphatic heterocycles. The Kier molecular flexibility index (Phi) is 4.07. The number of hydrogen-bond donors (Lipinski definition) is 0. The third-order valence-corrected chi connectivity index (χ3v) is 3.72. The van der Waals surface area contributed by atoms with E-state index < -0.39 is 16.7 Å². The van der Waals surface area contributed by atoms with Gasteiger partial charge in [0.1, 0.15) is 0 Å². The Morgan fingerprint density at radius 2 is 2.00 bits per heavy atom. The van der Waals surface area contributed by atoms with Gasteiger partial charge in [-0.2, -0.15) is 4.98 Å². The first-order valence-electron chi connectivity index (χ1n) is 7.47. The predicted octanol–water partition coefficient (Wildman–Crippen LogP) is 2.12. The number of nitro benzene ring substituents is 1. The fraction of sp³-hybridized carbons (Fsp3) is 0.333. The summed E-state index contributed by atoms with van der Waals surface area (Å²) >= 11 is 0. The number of non-ortho nitro benzene ring substituents is 1. The molecular formula is C15H14N4O5. The van der Waals surface area contributed by atoms with Crippen LogP contribution in [-0.4, -0.2) is 31.8 Å². The largest absolute Gasteiger partial charge is 0.339 e. The zero-order chi connectivity index (χ0) is 17.3. The number of aromatic nitrogens is 2. The van der Waals surface area contributed by atoms with Gasteiger partial charge in [0, 0.05) is 18.6 Å². The van der Waals surface area contributed by atoms with E-state index in [2.05, 4.69) is 10.1 Å². The fourth-order valence-electron chi connectivity index (χ4n) is 2.46. The third kappa shape index (κ3) is 2.75. The van der Waals surface area contributed by atoms with Gasteiger partial charge in [-0.3, -0.25) is 24.6 Å². The molecule has 0 atom stereocenters. The highest BCUT2D eigenvalue weighted by Crippen LogP contribution is 2.27. The lowest BCUT2D eigenvalue weighted by Gasteiger charge is -2.10. The molecule has 2 aromatic rings. The van der Waals surface area contributed by atoms with Crippen molar-refractivity contribution in [3.8, 4) is 0 Å². The van der Waals surface area contributed by atoms with E-state index in [0.29, 0.717) is 12.3 Å². The van der Waals surface area contributed by atoms with Crippen LogP contribution in [0.15, 0.2) is 22.7 Å². The predicted molar refractivity (Wildman–Crippen MR) is 80.2 cm³/mol. The Morgan fingerprint density at radius 3 is 2.71 bits per heavy atom. The number of nitro groups is 1. The first-order valence-corrected chi connectivity index (χ1v) is 7.47. The molecule has 0 fully saturated rings. The molecule has 9 nitrogen and oxygen atoms in total. The second-order valence-electron chi connectivity index (χ2n) is 5.39. The van der Waals surface area contributed by atoms with Gasteiger partial charge in [0.25, 0.3) is 17.5 Å². The molecule has 9 heteroatoms. The second kappa shape index (κ2) is 6.19. The van der Waals surface area contributed by atoms with Crippen molar-refractivity contribution in [2.24, 2.45) is 0 Å². The number of carbonyl (C=O) groups is 2. The summed E-state index contributed by atoms with van der Waals surface area (Å²) in [5.41, 5.74) is -0.0811. The minimum absolute atomic E-state index is 0.0175. The molecule has 0 radical (unpaired) electrons. The lowest BCUT2D eigenvalue weighted by atomic mass is 10.1. The minimum atomic E-state index is -0.611. The maximum Gasteiger partial charge on any atom is 0.270 e. The van der Waals surface area contributed by atoms with Crippen molar-refractivity contribution in [2.45, 2.75) is 32.7 Å². The number of unbranched alkanes of at least 4 members (excludes halogenated alkanes) is 1. The minimum Gasteiger partial charge on any atom is -0.339 e. The maximum atomic E-state index is 12.4. The monoisotopic (exact) mass is 330 g/mol. The molecule has 0 spiro atoms. The molecule has 0 saturated carbocycles. The highest BCUT2D eigenvalue weighted by molar-refractivity contribution is 6.21. The Labute approximate surface area is 136 Å². The molecule has 24 heavy (non-hydrogen) atoms. The van der Waals surface area contributed by atoms with Crippen LogP contribution in [0, 0.1) is 10.1 Å². The van der Waals surface area contributed by atoms with Crippen LogP contribution in [0.1, 0.15) is 52.2 Å². The van der Waals surface area contributed by atoms with E-state index in [1.807, 2.05) is 6.92 Å². The number of aryl methyl sites for hydroxylation is 1. The molecule has 2 amide bonds. The number of amides is 2. The van der Waals surface area contributed by atoms with Crippen molar-refractivity contribution in [3.63, 3.8) is 0 Å². The van der Waals surface area contributed by atoms with Crippen LogP contribution in [0.4, 0.5) is 5.69 Å². The van der Waals surface area contributed by atoms with E-state index in [-0.39, 0.29) is 29.2 Å². The molecule has 2 heterocycles. The Balaban J connectivity index is 1.80. The number of benzene rings is 1. The van der Waals surface area contributed by atoms with E-state index in [9.17, 15) is 19.7 Å². The van der Waals surface area contributed by atoms with E-state index in [0.717, 1.165) is 23.8 Å². The summed E-state index contributed by atoms with van der Waals surface area (Å²) in [5, 5.41) is 14.6. The number of carbonyl (C=O) groups excluding carboxylic acids is 2. The van der Waals surface area contributed by atoms with E-state index >= 15 is 0 Å². The van der Waals surface area contributed by atoms with Gasteiger partial charge in [-0.15, -0.1) is 0 Å². The normalized spacial score (nSPS) is 13.5. The first kappa shape index (κ1) is 15.8. The van der Waals surface area contributed by atoms with Crippen LogP contribution in [0.3, 0.4) is 0 Å². The Morgan fingerprint density at radius 1 is 1.25 bits per heavy atom. The lowest BCUT2D eigenvalue weighted by molar-refractivity contribution is -0.384. The first-order chi connectivity index (χ1) is 11.5. The van der Waals surface area contributed by atoms with Crippen molar-refractivity contribution < 1.29 is 19.0 Å². The highest BCUT2D eigenvalue weighted by Gasteiger charge is 2.37. The van der Waals surface area contributed by atoms with Crippen molar-refractivity contribution in [1.29, 1.82) is 0 Å². The number of nitrogens with zero attached hydrogens (tertiary/aromatic N) is 4. The topological polar surface area (TPSA) is 119 Å². The molecule has 124 valence electrons. The van der Waals surface area contributed by atoms with Crippen LogP contribution in [0.5, 0.6) is 0 Å². The van der Waals surface area contributed by atoms with Crippen molar-refractivity contribution >= 4 is 17.5 Å². The van der Waals surface area contributed by atoms with Crippen LogP contribution in [0.25, 0.3) is 0 Å². The van der Waals surface area contributed by atoms with Gasteiger partial charge >= 0.3 is 0 Å². The lowest BCUT2D eigenvalue weighted by Crippen LogP contribution is -2.29. The van der Waals surface area contributed by atoms with Crippen molar-refractivity contribution in [1.82, 2.24) is 15.0 Å². The number of rotatable bonds is 6. The van der Waals surface area contributed by atoms with Gasteiger partial charge in [0.2, 0.25) is 5.89 Å². The quantitative estimate of drug-likeness (QED) is 0.452. The summed E-state index contributed by atoms with van der Waals surface area (Å²) in [6.07, 6.45) is 2.52. The molecule has 1 aromatic heterocycles. The summed E-state index contributed by atoms with van der Waals surface area (Å²) in [6.45, 7) is 1.91. The molecule has 3 rings (SSSR count). The smallest absolute Gasteiger partial charge is 0.270 e. The van der Waals surface area contributed by atoms with Crippen LogP contribution in [0.2, 0.25) is 0 Å². The highest BCUT2D eigenvalue weighted by atomic mass is 16.6. The SMILES string of the molecule is CCCCc1nc(CN2C(=O)c3ccc([N+](=O)[O-])cc3C2=O)no1. The molecule has 1 aliphatic rings. The maximum absolute atomic E-state index is 12.4.